The van der Waals surface area contributed by atoms with Crippen molar-refractivity contribution in [1.29, 1.82) is 0 Å². The van der Waals surface area contributed by atoms with Gasteiger partial charge in [0.2, 0.25) is 0 Å². The number of carbonyl (C=O) groups excluding carboxylic acids is 1. The van der Waals surface area contributed by atoms with E-state index in [-0.39, 0.29) is 12.3 Å². The number of aliphatic hydroxyl groups excluding tert-OH is 1. The highest BCUT2D eigenvalue weighted by Gasteiger charge is 2.11. The lowest BCUT2D eigenvalue weighted by atomic mass is 10.0. The van der Waals surface area contributed by atoms with Gasteiger partial charge >= 0.3 is 5.97 Å². The summed E-state index contributed by atoms with van der Waals surface area (Å²) in [6.45, 7) is 4.59. The molecule has 5 heteroatoms. The normalized spacial score (nSPS) is 11.7. The van der Waals surface area contributed by atoms with E-state index in [1.165, 1.54) is 167 Å². The van der Waals surface area contributed by atoms with Crippen LogP contribution in [-0.2, 0) is 9.59 Å². The molecule has 0 aliphatic carbocycles. The first-order valence-corrected chi connectivity index (χ1v) is 19.1. The van der Waals surface area contributed by atoms with E-state index in [0.29, 0.717) is 12.8 Å². The molecule has 0 radical (unpaired) electrons. The number of nitrogens with two attached hydrogens (primary N) is 1. The SMILES string of the molecule is CCCCCCCCCCCCCCCCCC(=O)C(O)CN.CCCCCCCCCCCCCCCCCC(=O)O. The minimum atomic E-state index is -0.943. The minimum Gasteiger partial charge on any atom is -0.481 e. The van der Waals surface area contributed by atoms with Crippen LogP contribution in [0.5, 0.6) is 0 Å². The van der Waals surface area contributed by atoms with Crippen molar-refractivity contribution in [3.8, 4) is 0 Å². The highest BCUT2D eigenvalue weighted by Crippen LogP contribution is 2.15. The van der Waals surface area contributed by atoms with Gasteiger partial charge in [-0.2, -0.15) is 0 Å². The molecule has 43 heavy (non-hydrogen) atoms. The number of aliphatic carboxylic acids is 1. The molecule has 0 saturated heterocycles. The third kappa shape index (κ3) is 41.1. The summed E-state index contributed by atoms with van der Waals surface area (Å²) in [6.07, 6.45) is 39.6. The Morgan fingerprint density at radius 3 is 0.907 bits per heavy atom. The summed E-state index contributed by atoms with van der Waals surface area (Å²) in [6, 6.07) is 0. The van der Waals surface area contributed by atoms with Crippen LogP contribution in [0.25, 0.3) is 0 Å². The lowest BCUT2D eigenvalue weighted by molar-refractivity contribution is -0.137. The standard InChI is InChI=1S/C20H41NO2.C18H36O2/c1-2-3-4-5-6-7-8-9-10-11-12-13-14-15-16-17-19(22)20(23)18-21;1-2-3-4-5-6-7-8-9-10-11-12-13-14-15-16-17-18(19)20/h20,23H,2-18,21H2,1H3;2-17H2,1H3,(H,19,20). The minimum absolute atomic E-state index is 0.0531. The van der Waals surface area contributed by atoms with Crippen molar-refractivity contribution in [3.05, 3.63) is 0 Å². The highest BCUT2D eigenvalue weighted by atomic mass is 16.4. The van der Waals surface area contributed by atoms with E-state index in [4.69, 9.17) is 10.8 Å². The highest BCUT2D eigenvalue weighted by molar-refractivity contribution is 5.82. The molecule has 0 fully saturated rings. The molecule has 1 unspecified atom stereocenters. The number of hydrogen-bond acceptors (Lipinski definition) is 4. The Morgan fingerprint density at radius 1 is 0.442 bits per heavy atom. The molecule has 0 bridgehead atoms. The molecule has 0 amide bonds. The van der Waals surface area contributed by atoms with Crippen LogP contribution in [0.3, 0.4) is 0 Å². The smallest absolute Gasteiger partial charge is 0.303 e. The monoisotopic (exact) mass is 612 g/mol. The largest absolute Gasteiger partial charge is 0.481 e. The van der Waals surface area contributed by atoms with E-state index in [1.54, 1.807) is 0 Å². The van der Waals surface area contributed by atoms with Gasteiger partial charge in [0.1, 0.15) is 6.10 Å². The number of hydrogen-bond donors (Lipinski definition) is 3. The van der Waals surface area contributed by atoms with Gasteiger partial charge in [0.15, 0.2) is 5.78 Å². The molecule has 0 aliphatic heterocycles. The molecule has 0 aliphatic rings. The summed E-state index contributed by atoms with van der Waals surface area (Å²) < 4.78 is 0. The van der Waals surface area contributed by atoms with Crippen LogP contribution < -0.4 is 5.73 Å². The second kappa shape index (κ2) is 39.1. The van der Waals surface area contributed by atoms with Crippen molar-refractivity contribution in [2.45, 2.75) is 225 Å². The summed E-state index contributed by atoms with van der Waals surface area (Å²) in [5.41, 5.74) is 5.26. The van der Waals surface area contributed by atoms with Crippen molar-refractivity contribution in [2.24, 2.45) is 5.73 Å². The number of carbonyl (C=O) groups is 2. The molecule has 0 rings (SSSR count). The van der Waals surface area contributed by atoms with Gasteiger partial charge in [-0.3, -0.25) is 9.59 Å². The number of unbranched alkanes of at least 4 members (excludes halogenated alkanes) is 28. The Balaban J connectivity index is 0. The fraction of sp³-hybridized carbons (Fsp3) is 0.947. The summed E-state index contributed by atoms with van der Waals surface area (Å²) in [5.74, 6) is -0.748. The molecule has 0 heterocycles. The van der Waals surface area contributed by atoms with E-state index < -0.39 is 12.1 Å². The molecule has 0 aromatic rings. The fourth-order valence-electron chi connectivity index (χ4n) is 5.62. The maximum atomic E-state index is 11.4. The van der Waals surface area contributed by atoms with Crippen molar-refractivity contribution in [2.75, 3.05) is 6.54 Å². The molecule has 0 aromatic heterocycles. The zero-order valence-corrected chi connectivity index (χ0v) is 29.2. The number of rotatable bonds is 34. The molecule has 1 atom stereocenters. The fourth-order valence-corrected chi connectivity index (χ4v) is 5.62. The first kappa shape index (κ1) is 44.2. The predicted octanol–water partition coefficient (Wildman–Crippen LogP) is 11.5. The van der Waals surface area contributed by atoms with E-state index in [2.05, 4.69) is 13.8 Å². The molecule has 0 saturated carbocycles. The van der Waals surface area contributed by atoms with Gasteiger partial charge in [-0.25, -0.2) is 0 Å². The summed E-state index contributed by atoms with van der Waals surface area (Å²) in [5, 5.41) is 17.8. The molecule has 4 N–H and O–H groups in total. The molecular formula is C38H77NO4. The average molecular weight is 612 g/mol. The predicted molar refractivity (Wildman–Crippen MR) is 187 cm³/mol. The van der Waals surface area contributed by atoms with Crippen LogP contribution in [0.4, 0.5) is 0 Å². The van der Waals surface area contributed by atoms with E-state index >= 15 is 0 Å². The lowest BCUT2D eigenvalue weighted by Crippen LogP contribution is -2.28. The van der Waals surface area contributed by atoms with Gasteiger partial charge in [-0.05, 0) is 12.8 Å². The van der Waals surface area contributed by atoms with Crippen molar-refractivity contribution >= 4 is 11.8 Å². The molecule has 0 spiro atoms. The topological polar surface area (TPSA) is 101 Å². The number of carboxylic acids is 1. The maximum Gasteiger partial charge on any atom is 0.303 e. The van der Waals surface area contributed by atoms with Crippen LogP contribution in [-0.4, -0.2) is 34.6 Å². The van der Waals surface area contributed by atoms with Crippen LogP contribution >= 0.6 is 0 Å². The van der Waals surface area contributed by atoms with Crippen LogP contribution in [0.1, 0.15) is 219 Å². The third-order valence-electron chi connectivity index (χ3n) is 8.62. The molecule has 5 nitrogen and oxygen atoms in total. The van der Waals surface area contributed by atoms with Crippen molar-refractivity contribution in [3.63, 3.8) is 0 Å². The quantitative estimate of drug-likeness (QED) is 0.0628. The van der Waals surface area contributed by atoms with Gasteiger partial charge in [0.05, 0.1) is 0 Å². The van der Waals surface area contributed by atoms with Crippen molar-refractivity contribution in [1.82, 2.24) is 0 Å². The number of carboxylic acid groups (broad SMARTS) is 1. The Labute approximate surface area is 268 Å². The third-order valence-corrected chi connectivity index (χ3v) is 8.62. The molecule has 258 valence electrons. The summed E-state index contributed by atoms with van der Waals surface area (Å²) >= 11 is 0. The second-order valence-electron chi connectivity index (χ2n) is 13.0. The average Bonchev–Trinajstić information content (AvgIpc) is 3.00. The number of ketones is 1. The van der Waals surface area contributed by atoms with Crippen LogP contribution in [0, 0.1) is 0 Å². The van der Waals surface area contributed by atoms with Gasteiger partial charge in [-0.1, -0.05) is 194 Å². The zero-order chi connectivity index (χ0) is 32.1. The number of Topliss-reactive ketones (excluding diaryl/α,β-unsaturated/α-hetero) is 1. The number of aliphatic hydroxyl groups is 1. The van der Waals surface area contributed by atoms with Crippen LogP contribution in [0.2, 0.25) is 0 Å². The lowest BCUT2D eigenvalue weighted by Gasteiger charge is -2.06. The van der Waals surface area contributed by atoms with E-state index in [1.807, 2.05) is 0 Å². The first-order chi connectivity index (χ1) is 21.0. The second-order valence-corrected chi connectivity index (χ2v) is 13.0. The van der Waals surface area contributed by atoms with Crippen LogP contribution in [0.15, 0.2) is 0 Å². The van der Waals surface area contributed by atoms with E-state index in [0.717, 1.165) is 25.7 Å². The first-order valence-electron chi connectivity index (χ1n) is 19.1. The van der Waals surface area contributed by atoms with Gasteiger partial charge < -0.3 is 15.9 Å². The van der Waals surface area contributed by atoms with Gasteiger partial charge in [-0.15, -0.1) is 0 Å². The Bertz CT molecular complexity index is 554. The molecule has 0 aromatic carbocycles. The van der Waals surface area contributed by atoms with Gasteiger partial charge in [0, 0.05) is 19.4 Å². The summed E-state index contributed by atoms with van der Waals surface area (Å²) in [4.78, 5) is 21.7. The van der Waals surface area contributed by atoms with Crippen molar-refractivity contribution < 1.29 is 19.8 Å². The van der Waals surface area contributed by atoms with Gasteiger partial charge in [0.25, 0.3) is 0 Å². The Kier molecular flexibility index (Phi) is 40.2. The Hall–Kier alpha value is -0.940. The zero-order valence-electron chi connectivity index (χ0n) is 29.2. The molecular weight excluding hydrogens is 534 g/mol. The Morgan fingerprint density at radius 2 is 0.674 bits per heavy atom. The maximum absolute atomic E-state index is 11.4. The van der Waals surface area contributed by atoms with E-state index in [9.17, 15) is 14.7 Å². The summed E-state index contributed by atoms with van der Waals surface area (Å²) in [7, 11) is 0.